The Bertz CT molecular complexity index is 805. The molecule has 0 amide bonds. The quantitative estimate of drug-likeness (QED) is 0.729. The summed E-state index contributed by atoms with van der Waals surface area (Å²) in [5, 5.41) is 2.71. The van der Waals surface area contributed by atoms with Crippen LogP contribution in [0.25, 0.3) is 11.8 Å². The number of para-hydroxylation sites is 1. The maximum atomic E-state index is 3.73. The van der Waals surface area contributed by atoms with Gasteiger partial charge in [-0.15, -0.1) is 0 Å². The largest absolute Gasteiger partial charge is 0.343 e. The third-order valence-corrected chi connectivity index (χ3v) is 4.74. The number of anilines is 1. The van der Waals surface area contributed by atoms with Crippen LogP contribution in [-0.4, -0.2) is 6.54 Å². The Labute approximate surface area is 126 Å². The van der Waals surface area contributed by atoms with Crippen molar-refractivity contribution >= 4 is 33.4 Å². The number of alkyl halides is 1. The highest BCUT2D eigenvalue weighted by Gasteiger charge is 2.18. The minimum Gasteiger partial charge on any atom is -0.343 e. The molecule has 0 fully saturated rings. The molecule has 2 heteroatoms. The van der Waals surface area contributed by atoms with Crippen molar-refractivity contribution < 1.29 is 0 Å². The first-order chi connectivity index (χ1) is 9.83. The Morgan fingerprint density at radius 3 is 2.70 bits per heavy atom. The third kappa shape index (κ3) is 1.83. The van der Waals surface area contributed by atoms with Crippen LogP contribution >= 0.6 is 15.9 Å². The van der Waals surface area contributed by atoms with E-state index < -0.39 is 0 Å². The zero-order chi connectivity index (χ0) is 13.5. The highest BCUT2D eigenvalue weighted by atomic mass is 79.9. The Morgan fingerprint density at radius 2 is 1.85 bits per heavy atom. The molecule has 0 N–H and O–H groups in total. The second-order valence-corrected chi connectivity index (χ2v) is 6.18. The number of halogens is 1. The maximum absolute atomic E-state index is 3.73. The molecule has 1 atom stereocenters. The molecule has 2 aromatic rings. The van der Waals surface area contributed by atoms with E-state index >= 15 is 0 Å². The monoisotopic (exact) mass is 323 g/mol. The summed E-state index contributed by atoms with van der Waals surface area (Å²) in [4.78, 5) is 2.65. The normalized spacial score (nSPS) is 19.6. The van der Waals surface area contributed by atoms with Crippen LogP contribution in [0.4, 0.5) is 5.69 Å². The average Bonchev–Trinajstić information content (AvgIpc) is 2.51. The van der Waals surface area contributed by atoms with Crippen molar-refractivity contribution in [2.45, 2.75) is 4.83 Å². The van der Waals surface area contributed by atoms with Gasteiger partial charge in [0.2, 0.25) is 0 Å². The van der Waals surface area contributed by atoms with Gasteiger partial charge in [-0.3, -0.25) is 0 Å². The predicted octanol–water partition coefficient (Wildman–Crippen LogP) is 3.10. The molecule has 98 valence electrons. The van der Waals surface area contributed by atoms with Crippen LogP contribution in [0.5, 0.6) is 0 Å². The minimum absolute atomic E-state index is 0.331. The fourth-order valence-corrected chi connectivity index (χ4v) is 3.53. The van der Waals surface area contributed by atoms with E-state index in [0.29, 0.717) is 4.83 Å². The average molecular weight is 324 g/mol. The van der Waals surface area contributed by atoms with Crippen LogP contribution in [0.1, 0.15) is 10.4 Å². The Morgan fingerprint density at radius 1 is 1.00 bits per heavy atom. The molecule has 1 unspecified atom stereocenters. The lowest BCUT2D eigenvalue weighted by Crippen LogP contribution is -2.41. The molecule has 1 heterocycles. The second-order valence-electron chi connectivity index (χ2n) is 5.19. The minimum atomic E-state index is 0.331. The number of hydrogen-bond donors (Lipinski definition) is 0. The van der Waals surface area contributed by atoms with Crippen molar-refractivity contribution in [2.75, 3.05) is 11.4 Å². The van der Waals surface area contributed by atoms with E-state index in [-0.39, 0.29) is 0 Å². The van der Waals surface area contributed by atoms with Gasteiger partial charge < -0.3 is 4.90 Å². The summed E-state index contributed by atoms with van der Waals surface area (Å²) in [5.74, 6) is 0. The fraction of sp³-hybridized carbons (Fsp3) is 0.111. The van der Waals surface area contributed by atoms with Crippen molar-refractivity contribution in [2.24, 2.45) is 0 Å². The van der Waals surface area contributed by atoms with Gasteiger partial charge >= 0.3 is 0 Å². The number of nitrogens with zero attached hydrogens (tertiary/aromatic N) is 1. The van der Waals surface area contributed by atoms with Gasteiger partial charge in [0.1, 0.15) is 0 Å². The first-order valence-corrected chi connectivity index (χ1v) is 7.72. The third-order valence-electron chi connectivity index (χ3n) is 3.94. The number of benzene rings is 2. The van der Waals surface area contributed by atoms with Gasteiger partial charge in [-0.2, -0.15) is 0 Å². The van der Waals surface area contributed by atoms with E-state index in [2.05, 4.69) is 87.7 Å². The second kappa shape index (κ2) is 4.64. The smallest absolute Gasteiger partial charge is 0.0584 e. The summed E-state index contributed by atoms with van der Waals surface area (Å²) in [6.07, 6.45) is 6.75. The predicted molar refractivity (Wildman–Crippen MR) is 88.2 cm³/mol. The van der Waals surface area contributed by atoms with Crippen molar-refractivity contribution in [3.05, 3.63) is 76.7 Å². The summed E-state index contributed by atoms with van der Waals surface area (Å²) in [6.45, 7) is 0.935. The zero-order valence-electron chi connectivity index (χ0n) is 11.0. The summed E-state index contributed by atoms with van der Waals surface area (Å²) < 4.78 is 0. The summed E-state index contributed by atoms with van der Waals surface area (Å²) >= 11 is 3.73. The summed E-state index contributed by atoms with van der Waals surface area (Å²) in [5.41, 5.74) is 4.02. The topological polar surface area (TPSA) is 3.24 Å². The fourth-order valence-electron chi connectivity index (χ4n) is 3.00. The molecule has 1 aliphatic heterocycles. The molecular weight excluding hydrogens is 310 g/mol. The standard InChI is InChI=1S/C18H14BrN/c19-17-10-9-14-12-20(15-6-2-1-3-7-15)11-13-5-4-8-16(17)18(13)14/h1-11,17H,12H2. The SMILES string of the molecule is BrC1C=CC2=c3c1cccc3=CN(c1ccccc1)C2. The summed E-state index contributed by atoms with van der Waals surface area (Å²) in [6, 6.07) is 17.1. The van der Waals surface area contributed by atoms with E-state index in [1.165, 1.54) is 27.3 Å². The van der Waals surface area contributed by atoms with E-state index in [1.54, 1.807) is 0 Å². The molecule has 4 rings (SSSR count). The van der Waals surface area contributed by atoms with Crippen molar-refractivity contribution in [3.8, 4) is 0 Å². The molecule has 0 saturated heterocycles. The molecule has 20 heavy (non-hydrogen) atoms. The van der Waals surface area contributed by atoms with Gasteiger partial charge in [0.15, 0.2) is 0 Å². The van der Waals surface area contributed by atoms with Gasteiger partial charge in [-0.1, -0.05) is 64.5 Å². The summed E-state index contributed by atoms with van der Waals surface area (Å²) in [7, 11) is 0. The number of rotatable bonds is 1. The number of hydrogen-bond acceptors (Lipinski definition) is 1. The molecule has 0 bridgehead atoms. The van der Waals surface area contributed by atoms with E-state index in [9.17, 15) is 0 Å². The molecule has 1 aliphatic carbocycles. The van der Waals surface area contributed by atoms with E-state index in [0.717, 1.165) is 6.54 Å². The Hall–Kier alpha value is -1.80. The van der Waals surface area contributed by atoms with Gasteiger partial charge in [-0.05, 0) is 33.7 Å². The Balaban J connectivity index is 1.94. The van der Waals surface area contributed by atoms with Crippen molar-refractivity contribution in [1.29, 1.82) is 0 Å². The maximum Gasteiger partial charge on any atom is 0.0584 e. The van der Waals surface area contributed by atoms with Gasteiger partial charge in [-0.25, -0.2) is 0 Å². The van der Waals surface area contributed by atoms with E-state index in [1.807, 2.05) is 0 Å². The molecule has 1 nitrogen and oxygen atoms in total. The molecule has 0 radical (unpaired) electrons. The highest BCUT2D eigenvalue weighted by molar-refractivity contribution is 9.09. The lowest BCUT2D eigenvalue weighted by atomic mass is 9.95. The van der Waals surface area contributed by atoms with Gasteiger partial charge in [0, 0.05) is 18.4 Å². The van der Waals surface area contributed by atoms with Crippen LogP contribution < -0.4 is 15.3 Å². The molecule has 2 aromatic carbocycles. The lowest BCUT2D eigenvalue weighted by molar-refractivity contribution is 1.08. The van der Waals surface area contributed by atoms with Crippen molar-refractivity contribution in [1.82, 2.24) is 0 Å². The first-order valence-electron chi connectivity index (χ1n) is 6.81. The van der Waals surface area contributed by atoms with E-state index in [4.69, 9.17) is 0 Å². The first kappa shape index (κ1) is 12.0. The van der Waals surface area contributed by atoms with Gasteiger partial charge in [0.05, 0.1) is 4.83 Å². The molecular formula is C18H14BrN. The molecule has 0 spiro atoms. The zero-order valence-corrected chi connectivity index (χ0v) is 12.5. The lowest BCUT2D eigenvalue weighted by Gasteiger charge is -2.27. The van der Waals surface area contributed by atoms with Crippen LogP contribution in [0.2, 0.25) is 0 Å². The van der Waals surface area contributed by atoms with Crippen molar-refractivity contribution in [3.63, 3.8) is 0 Å². The van der Waals surface area contributed by atoms with Crippen LogP contribution in [0, 0.1) is 0 Å². The number of allylic oxidation sites excluding steroid dienone is 1. The van der Waals surface area contributed by atoms with Crippen LogP contribution in [-0.2, 0) is 0 Å². The highest BCUT2D eigenvalue weighted by Crippen LogP contribution is 2.27. The van der Waals surface area contributed by atoms with Gasteiger partial charge in [0.25, 0.3) is 0 Å². The molecule has 0 saturated carbocycles. The van der Waals surface area contributed by atoms with Crippen LogP contribution in [0.3, 0.4) is 0 Å². The Kier molecular flexibility index (Phi) is 2.78. The molecule has 2 aliphatic rings. The molecule has 0 aromatic heterocycles. The van der Waals surface area contributed by atoms with Crippen LogP contribution in [0.15, 0.2) is 60.7 Å².